The molecule has 0 unspecified atom stereocenters. The summed E-state index contributed by atoms with van der Waals surface area (Å²) in [5.74, 6) is -0.250. The maximum absolute atomic E-state index is 12.1. The van der Waals surface area contributed by atoms with Crippen LogP contribution in [0.15, 0.2) is 48.5 Å². The number of nitrogens with zero attached hydrogens (tertiary/aromatic N) is 2. The average molecular weight is 335 g/mol. The van der Waals surface area contributed by atoms with Gasteiger partial charge < -0.3 is 10.2 Å². The van der Waals surface area contributed by atoms with Gasteiger partial charge in [-0.3, -0.25) is 9.59 Å². The molecule has 0 radical (unpaired) electrons. The van der Waals surface area contributed by atoms with Crippen molar-refractivity contribution in [3.05, 3.63) is 65.2 Å². The Balaban J connectivity index is 1.92. The van der Waals surface area contributed by atoms with E-state index in [0.29, 0.717) is 24.3 Å². The molecule has 2 rings (SSSR count). The van der Waals surface area contributed by atoms with Crippen molar-refractivity contribution in [3.63, 3.8) is 0 Å². The van der Waals surface area contributed by atoms with Gasteiger partial charge in [-0.2, -0.15) is 5.26 Å². The van der Waals surface area contributed by atoms with Crippen molar-refractivity contribution in [1.29, 1.82) is 5.26 Å². The first-order valence-electron chi connectivity index (χ1n) is 8.10. The Morgan fingerprint density at radius 2 is 1.80 bits per heavy atom. The SMILES string of the molecule is CC(=O)N(CCC(=O)NCc1ccccc1C)c1ccc(C#N)cc1. The summed E-state index contributed by atoms with van der Waals surface area (Å²) in [4.78, 5) is 25.5. The lowest BCUT2D eigenvalue weighted by molar-refractivity contribution is -0.121. The molecule has 0 saturated carbocycles. The van der Waals surface area contributed by atoms with Gasteiger partial charge in [0, 0.05) is 32.1 Å². The molecule has 128 valence electrons. The number of anilines is 1. The first kappa shape index (κ1) is 18.2. The Morgan fingerprint density at radius 1 is 1.12 bits per heavy atom. The van der Waals surface area contributed by atoms with Gasteiger partial charge >= 0.3 is 0 Å². The molecule has 5 nitrogen and oxygen atoms in total. The van der Waals surface area contributed by atoms with Gasteiger partial charge in [0.15, 0.2) is 0 Å². The molecule has 0 aromatic heterocycles. The van der Waals surface area contributed by atoms with E-state index in [1.807, 2.05) is 37.3 Å². The molecule has 0 spiro atoms. The van der Waals surface area contributed by atoms with Crippen molar-refractivity contribution < 1.29 is 9.59 Å². The maximum atomic E-state index is 12.1. The molecule has 0 bridgehead atoms. The quantitative estimate of drug-likeness (QED) is 0.882. The van der Waals surface area contributed by atoms with Gasteiger partial charge in [-0.15, -0.1) is 0 Å². The summed E-state index contributed by atoms with van der Waals surface area (Å²) < 4.78 is 0. The van der Waals surface area contributed by atoms with Crippen LogP contribution in [0.5, 0.6) is 0 Å². The fraction of sp³-hybridized carbons (Fsp3) is 0.250. The van der Waals surface area contributed by atoms with Crippen LogP contribution in [0.1, 0.15) is 30.0 Å². The molecule has 0 atom stereocenters. The van der Waals surface area contributed by atoms with Crippen molar-refractivity contribution in [2.75, 3.05) is 11.4 Å². The first-order valence-corrected chi connectivity index (χ1v) is 8.10. The third-order valence-corrected chi connectivity index (χ3v) is 3.99. The smallest absolute Gasteiger partial charge is 0.223 e. The first-order chi connectivity index (χ1) is 12.0. The van der Waals surface area contributed by atoms with E-state index in [1.54, 1.807) is 24.3 Å². The van der Waals surface area contributed by atoms with Crippen molar-refractivity contribution in [2.24, 2.45) is 0 Å². The van der Waals surface area contributed by atoms with E-state index in [0.717, 1.165) is 11.1 Å². The van der Waals surface area contributed by atoms with Gasteiger partial charge in [-0.25, -0.2) is 0 Å². The van der Waals surface area contributed by atoms with Gasteiger partial charge in [-0.05, 0) is 42.3 Å². The number of hydrogen-bond acceptors (Lipinski definition) is 3. The number of benzene rings is 2. The minimum absolute atomic E-state index is 0.108. The number of nitrogens with one attached hydrogen (secondary N) is 1. The summed E-state index contributed by atoms with van der Waals surface area (Å²) in [6.07, 6.45) is 0.214. The largest absolute Gasteiger partial charge is 0.352 e. The van der Waals surface area contributed by atoms with E-state index >= 15 is 0 Å². The van der Waals surface area contributed by atoms with E-state index < -0.39 is 0 Å². The maximum Gasteiger partial charge on any atom is 0.223 e. The number of carbonyl (C=O) groups excluding carboxylic acids is 2. The second-order valence-electron chi connectivity index (χ2n) is 5.78. The fourth-order valence-corrected chi connectivity index (χ4v) is 2.49. The van der Waals surface area contributed by atoms with Gasteiger partial charge in [0.05, 0.1) is 11.6 Å². The molecule has 0 heterocycles. The normalized spacial score (nSPS) is 9.96. The minimum Gasteiger partial charge on any atom is -0.352 e. The van der Waals surface area contributed by atoms with Gasteiger partial charge in [0.1, 0.15) is 0 Å². The minimum atomic E-state index is -0.142. The summed E-state index contributed by atoms with van der Waals surface area (Å²) in [7, 11) is 0. The zero-order valence-corrected chi connectivity index (χ0v) is 14.5. The highest BCUT2D eigenvalue weighted by Gasteiger charge is 2.13. The third-order valence-electron chi connectivity index (χ3n) is 3.99. The molecule has 0 fully saturated rings. The predicted molar refractivity (Wildman–Crippen MR) is 96.8 cm³/mol. The number of amides is 2. The van der Waals surface area contributed by atoms with Crippen LogP contribution in [0, 0.1) is 18.3 Å². The van der Waals surface area contributed by atoms with Crippen LogP contribution in [0.25, 0.3) is 0 Å². The summed E-state index contributed by atoms with van der Waals surface area (Å²) >= 11 is 0. The predicted octanol–water partition coefficient (Wildman–Crippen LogP) is 2.93. The van der Waals surface area contributed by atoms with Crippen LogP contribution in [0.2, 0.25) is 0 Å². The lowest BCUT2D eigenvalue weighted by Crippen LogP contribution is -2.33. The topological polar surface area (TPSA) is 73.2 Å². The lowest BCUT2D eigenvalue weighted by atomic mass is 10.1. The Morgan fingerprint density at radius 3 is 2.40 bits per heavy atom. The number of hydrogen-bond donors (Lipinski definition) is 1. The van der Waals surface area contributed by atoms with Crippen molar-refractivity contribution >= 4 is 17.5 Å². The van der Waals surface area contributed by atoms with E-state index in [2.05, 4.69) is 5.32 Å². The summed E-state index contributed by atoms with van der Waals surface area (Å²) in [6.45, 7) is 4.23. The molecule has 2 aromatic carbocycles. The Labute approximate surface area is 147 Å². The molecule has 2 aromatic rings. The van der Waals surface area contributed by atoms with Gasteiger partial charge in [0.2, 0.25) is 11.8 Å². The van der Waals surface area contributed by atoms with Crippen LogP contribution in [-0.2, 0) is 16.1 Å². The molecule has 2 amide bonds. The van der Waals surface area contributed by atoms with Crippen molar-refractivity contribution in [3.8, 4) is 6.07 Å². The molecule has 25 heavy (non-hydrogen) atoms. The van der Waals surface area contributed by atoms with E-state index in [4.69, 9.17) is 5.26 Å². The second kappa shape index (κ2) is 8.65. The molecular weight excluding hydrogens is 314 g/mol. The molecule has 0 aliphatic carbocycles. The highest BCUT2D eigenvalue weighted by atomic mass is 16.2. The molecule has 0 aliphatic heterocycles. The summed E-state index contributed by atoms with van der Waals surface area (Å²) in [5.41, 5.74) is 3.42. The third kappa shape index (κ3) is 5.18. The van der Waals surface area contributed by atoms with Crippen LogP contribution in [0.4, 0.5) is 5.69 Å². The Hall–Kier alpha value is -3.13. The molecular formula is C20H21N3O2. The molecule has 1 N–H and O–H groups in total. The van der Waals surface area contributed by atoms with Crippen LogP contribution in [-0.4, -0.2) is 18.4 Å². The second-order valence-corrected chi connectivity index (χ2v) is 5.78. The Bertz CT molecular complexity index is 791. The van der Waals surface area contributed by atoms with E-state index in [-0.39, 0.29) is 18.2 Å². The monoisotopic (exact) mass is 335 g/mol. The Kier molecular flexibility index (Phi) is 6.30. The van der Waals surface area contributed by atoms with Crippen molar-refractivity contribution in [1.82, 2.24) is 5.32 Å². The number of aryl methyl sites for hydroxylation is 1. The summed E-state index contributed by atoms with van der Waals surface area (Å²) in [6, 6.07) is 16.7. The van der Waals surface area contributed by atoms with Crippen LogP contribution < -0.4 is 10.2 Å². The van der Waals surface area contributed by atoms with Crippen LogP contribution in [0.3, 0.4) is 0 Å². The van der Waals surface area contributed by atoms with Crippen LogP contribution >= 0.6 is 0 Å². The fourth-order valence-electron chi connectivity index (χ4n) is 2.49. The molecule has 5 heteroatoms. The molecule has 0 aliphatic rings. The van der Waals surface area contributed by atoms with Gasteiger partial charge in [0.25, 0.3) is 0 Å². The number of nitriles is 1. The average Bonchev–Trinajstić information content (AvgIpc) is 2.61. The standard InChI is InChI=1S/C20H21N3O2/c1-15-5-3-4-6-18(15)14-22-20(25)11-12-23(16(2)24)19-9-7-17(13-21)8-10-19/h3-10H,11-12,14H2,1-2H3,(H,22,25). The zero-order chi connectivity index (χ0) is 18.2. The van der Waals surface area contributed by atoms with Crippen molar-refractivity contribution in [2.45, 2.75) is 26.8 Å². The highest BCUT2D eigenvalue weighted by molar-refractivity contribution is 5.92. The summed E-state index contributed by atoms with van der Waals surface area (Å²) in [5, 5.41) is 11.7. The zero-order valence-electron chi connectivity index (χ0n) is 14.5. The van der Waals surface area contributed by atoms with E-state index in [1.165, 1.54) is 11.8 Å². The lowest BCUT2D eigenvalue weighted by Gasteiger charge is -2.21. The highest BCUT2D eigenvalue weighted by Crippen LogP contribution is 2.16. The van der Waals surface area contributed by atoms with Gasteiger partial charge in [-0.1, -0.05) is 24.3 Å². The number of carbonyl (C=O) groups is 2. The number of rotatable bonds is 6. The van der Waals surface area contributed by atoms with E-state index in [9.17, 15) is 9.59 Å². The molecule has 0 saturated heterocycles.